The van der Waals surface area contributed by atoms with E-state index in [1.54, 1.807) is 25.1 Å². The second-order valence-corrected chi connectivity index (χ2v) is 8.18. The molecule has 8 heteroatoms. The van der Waals surface area contributed by atoms with Crippen molar-refractivity contribution in [2.45, 2.75) is 19.9 Å². The van der Waals surface area contributed by atoms with Gasteiger partial charge in [-0.2, -0.15) is 0 Å². The van der Waals surface area contributed by atoms with Crippen LogP contribution in [0.3, 0.4) is 0 Å². The number of hydrogen-bond acceptors (Lipinski definition) is 5. The fraction of sp³-hybridized carbons (Fsp3) is 0.588. The number of anilines is 1. The Morgan fingerprint density at radius 3 is 2.64 bits per heavy atom. The van der Waals surface area contributed by atoms with Gasteiger partial charge in [0.2, 0.25) is 15.9 Å². The van der Waals surface area contributed by atoms with Gasteiger partial charge < -0.3 is 10.1 Å². The molecule has 1 amide bonds. The Morgan fingerprint density at radius 1 is 1.36 bits per heavy atom. The van der Waals surface area contributed by atoms with Crippen molar-refractivity contribution in [2.75, 3.05) is 50.0 Å². The largest absolute Gasteiger partial charge is 0.379 e. The number of benzene rings is 1. The van der Waals surface area contributed by atoms with Gasteiger partial charge in [0.05, 0.1) is 25.2 Å². The number of carbonyl (C=O) groups excluding carboxylic acids is 1. The van der Waals surface area contributed by atoms with Crippen molar-refractivity contribution in [1.82, 2.24) is 10.2 Å². The predicted octanol–water partition coefficient (Wildman–Crippen LogP) is 0.598. The molecule has 1 heterocycles. The van der Waals surface area contributed by atoms with Crippen molar-refractivity contribution in [3.63, 3.8) is 0 Å². The summed E-state index contributed by atoms with van der Waals surface area (Å²) < 4.78 is 30.9. The second kappa shape index (κ2) is 8.64. The van der Waals surface area contributed by atoms with Crippen molar-refractivity contribution in [2.24, 2.45) is 0 Å². The third-order valence-corrected chi connectivity index (χ3v) is 5.42. The summed E-state index contributed by atoms with van der Waals surface area (Å²) in [4.78, 5) is 14.7. The molecule has 1 saturated heterocycles. The first-order valence-corrected chi connectivity index (χ1v) is 10.3. The topological polar surface area (TPSA) is 79.0 Å². The molecule has 1 unspecified atom stereocenters. The van der Waals surface area contributed by atoms with Crippen LogP contribution in [-0.4, -0.2) is 70.9 Å². The van der Waals surface area contributed by atoms with Gasteiger partial charge in [-0.15, -0.1) is 0 Å². The number of aryl methyl sites for hydroxylation is 1. The third-order valence-electron chi connectivity index (χ3n) is 4.18. The van der Waals surface area contributed by atoms with E-state index in [1.165, 1.54) is 4.31 Å². The second-order valence-electron chi connectivity index (χ2n) is 6.32. The molecule has 1 fully saturated rings. The van der Waals surface area contributed by atoms with Gasteiger partial charge in [-0.3, -0.25) is 14.0 Å². The molecule has 2 rings (SSSR count). The Hall–Kier alpha value is -1.64. The number of ether oxygens (including phenoxy) is 1. The van der Waals surface area contributed by atoms with Crippen LogP contribution in [0.25, 0.3) is 0 Å². The van der Waals surface area contributed by atoms with Crippen molar-refractivity contribution >= 4 is 21.6 Å². The minimum absolute atomic E-state index is 0.305. The first kappa shape index (κ1) is 19.7. The molecule has 0 aliphatic carbocycles. The van der Waals surface area contributed by atoms with E-state index in [1.807, 2.05) is 13.0 Å². The zero-order valence-corrected chi connectivity index (χ0v) is 15.9. The summed E-state index contributed by atoms with van der Waals surface area (Å²) in [7, 11) is -3.58. The molecular formula is C17H27N3O4S. The van der Waals surface area contributed by atoms with E-state index < -0.39 is 16.1 Å². The van der Waals surface area contributed by atoms with E-state index >= 15 is 0 Å². The lowest BCUT2D eigenvalue weighted by Crippen LogP contribution is -2.49. The summed E-state index contributed by atoms with van der Waals surface area (Å²) >= 11 is 0. The summed E-state index contributed by atoms with van der Waals surface area (Å²) in [6, 6.07) is 6.31. The van der Waals surface area contributed by atoms with Crippen molar-refractivity contribution < 1.29 is 17.9 Å². The first-order chi connectivity index (χ1) is 11.8. The summed E-state index contributed by atoms with van der Waals surface area (Å²) in [5.41, 5.74) is 1.43. The third kappa shape index (κ3) is 5.69. The standard InChI is InChI=1S/C17H27N3O4S/c1-14-5-4-6-16(13-14)20(25(3,22)23)15(2)17(21)18-7-8-19-9-11-24-12-10-19/h4-6,13,15H,7-12H2,1-3H3,(H,18,21). The zero-order valence-electron chi connectivity index (χ0n) is 15.1. The van der Waals surface area contributed by atoms with Crippen LogP contribution >= 0.6 is 0 Å². The van der Waals surface area contributed by atoms with Crippen LogP contribution in [0, 0.1) is 6.92 Å². The predicted molar refractivity (Wildman–Crippen MR) is 98.2 cm³/mol. The molecule has 1 N–H and O–H groups in total. The maximum atomic E-state index is 12.5. The Bertz CT molecular complexity index is 687. The minimum atomic E-state index is -3.58. The molecule has 1 atom stereocenters. The van der Waals surface area contributed by atoms with Gasteiger partial charge >= 0.3 is 0 Å². The average molecular weight is 369 g/mol. The molecular weight excluding hydrogens is 342 g/mol. The summed E-state index contributed by atoms with van der Waals surface area (Å²) in [5, 5.41) is 2.84. The van der Waals surface area contributed by atoms with E-state index in [2.05, 4.69) is 10.2 Å². The van der Waals surface area contributed by atoms with E-state index in [0.29, 0.717) is 25.4 Å². The fourth-order valence-electron chi connectivity index (χ4n) is 2.88. The van der Waals surface area contributed by atoms with E-state index in [9.17, 15) is 13.2 Å². The van der Waals surface area contributed by atoms with Gasteiger partial charge in [0, 0.05) is 26.2 Å². The Kier molecular flexibility index (Phi) is 6.80. The summed E-state index contributed by atoms with van der Waals surface area (Å²) in [5.74, 6) is -0.305. The number of rotatable bonds is 7. The van der Waals surface area contributed by atoms with Crippen molar-refractivity contribution in [1.29, 1.82) is 0 Å². The van der Waals surface area contributed by atoms with Gasteiger partial charge in [-0.1, -0.05) is 12.1 Å². The summed E-state index contributed by atoms with van der Waals surface area (Å²) in [6.45, 7) is 7.82. The lowest BCUT2D eigenvalue weighted by atomic mass is 10.2. The van der Waals surface area contributed by atoms with Crippen LogP contribution in [0.15, 0.2) is 24.3 Å². The fourth-order valence-corrected chi connectivity index (χ4v) is 4.05. The quantitative estimate of drug-likeness (QED) is 0.761. The number of hydrogen-bond donors (Lipinski definition) is 1. The van der Waals surface area contributed by atoms with Gasteiger partial charge in [0.25, 0.3) is 0 Å². The van der Waals surface area contributed by atoms with Crippen LogP contribution in [0.4, 0.5) is 5.69 Å². The van der Waals surface area contributed by atoms with Gasteiger partial charge in [-0.05, 0) is 31.5 Å². The molecule has 0 aromatic heterocycles. The van der Waals surface area contributed by atoms with Crippen molar-refractivity contribution in [3.8, 4) is 0 Å². The molecule has 0 spiro atoms. The Morgan fingerprint density at radius 2 is 2.04 bits per heavy atom. The number of nitrogens with zero attached hydrogens (tertiary/aromatic N) is 2. The van der Waals surface area contributed by atoms with Crippen LogP contribution in [-0.2, 0) is 19.6 Å². The maximum Gasteiger partial charge on any atom is 0.243 e. The normalized spacial score (nSPS) is 17.1. The highest BCUT2D eigenvalue weighted by Crippen LogP contribution is 2.21. The number of nitrogens with one attached hydrogen (secondary N) is 1. The lowest BCUT2D eigenvalue weighted by Gasteiger charge is -2.29. The molecule has 1 aliphatic rings. The monoisotopic (exact) mass is 369 g/mol. The molecule has 140 valence electrons. The van der Waals surface area contributed by atoms with Crippen LogP contribution in [0.2, 0.25) is 0 Å². The molecule has 1 aromatic carbocycles. The van der Waals surface area contributed by atoms with Crippen LogP contribution in [0.5, 0.6) is 0 Å². The summed E-state index contributed by atoms with van der Waals surface area (Å²) in [6.07, 6.45) is 1.12. The van der Waals surface area contributed by atoms with E-state index in [-0.39, 0.29) is 5.91 Å². The zero-order chi connectivity index (χ0) is 18.4. The highest BCUT2D eigenvalue weighted by Gasteiger charge is 2.29. The molecule has 0 bridgehead atoms. The minimum Gasteiger partial charge on any atom is -0.379 e. The molecule has 25 heavy (non-hydrogen) atoms. The molecule has 1 aromatic rings. The van der Waals surface area contributed by atoms with Crippen LogP contribution < -0.4 is 9.62 Å². The maximum absolute atomic E-state index is 12.5. The Balaban J connectivity index is 2.00. The molecule has 7 nitrogen and oxygen atoms in total. The smallest absolute Gasteiger partial charge is 0.243 e. The highest BCUT2D eigenvalue weighted by molar-refractivity contribution is 7.92. The van der Waals surface area contributed by atoms with Gasteiger partial charge in [0.1, 0.15) is 6.04 Å². The highest BCUT2D eigenvalue weighted by atomic mass is 32.2. The van der Waals surface area contributed by atoms with Crippen LogP contribution in [0.1, 0.15) is 12.5 Å². The number of carbonyl (C=O) groups is 1. The number of morpholine rings is 1. The van der Waals surface area contributed by atoms with Gasteiger partial charge in [0.15, 0.2) is 0 Å². The molecule has 0 saturated carbocycles. The lowest BCUT2D eigenvalue weighted by molar-refractivity contribution is -0.121. The van der Waals surface area contributed by atoms with Crippen molar-refractivity contribution in [3.05, 3.63) is 29.8 Å². The first-order valence-electron chi connectivity index (χ1n) is 8.43. The number of sulfonamides is 1. The molecule has 1 aliphatic heterocycles. The van der Waals surface area contributed by atoms with E-state index in [0.717, 1.165) is 31.5 Å². The average Bonchev–Trinajstić information content (AvgIpc) is 2.54. The number of amides is 1. The Labute approximate surface area is 150 Å². The molecule has 0 radical (unpaired) electrons. The van der Waals surface area contributed by atoms with E-state index in [4.69, 9.17) is 4.74 Å². The SMILES string of the molecule is Cc1cccc(N(C(C)C(=O)NCCN2CCOCC2)S(C)(=O)=O)c1. The van der Waals surface area contributed by atoms with Gasteiger partial charge in [-0.25, -0.2) is 8.42 Å².